The van der Waals surface area contributed by atoms with Gasteiger partial charge in [-0.15, -0.1) is 0 Å². The fourth-order valence-corrected chi connectivity index (χ4v) is 2.57. The summed E-state index contributed by atoms with van der Waals surface area (Å²) in [6.45, 7) is 3.91. The molecule has 0 aliphatic heterocycles. The first kappa shape index (κ1) is 16.6. The van der Waals surface area contributed by atoms with E-state index in [0.717, 1.165) is 16.9 Å². The lowest BCUT2D eigenvalue weighted by Gasteiger charge is -2.10. The van der Waals surface area contributed by atoms with Gasteiger partial charge in [0.05, 0.1) is 18.4 Å². The quantitative estimate of drug-likeness (QED) is 0.722. The number of hydrogen-bond acceptors (Lipinski definition) is 5. The van der Waals surface area contributed by atoms with E-state index in [1.54, 1.807) is 18.2 Å². The molecule has 1 N–H and O–H groups in total. The zero-order valence-corrected chi connectivity index (χ0v) is 14.4. The number of rotatable bonds is 4. The van der Waals surface area contributed by atoms with Gasteiger partial charge in [-0.25, -0.2) is 14.8 Å². The minimum atomic E-state index is -0.372. The summed E-state index contributed by atoms with van der Waals surface area (Å²) in [5, 5.41) is 3.23. The number of esters is 1. The first-order valence-electron chi connectivity index (χ1n) is 7.93. The molecule has 3 aromatic rings. The Labute approximate surface area is 146 Å². The Kier molecular flexibility index (Phi) is 4.75. The molecule has 0 saturated carbocycles. The number of anilines is 2. The fraction of sp³-hybridized carbons (Fsp3) is 0.150. The van der Waals surface area contributed by atoms with Crippen LogP contribution in [0.15, 0.2) is 54.6 Å². The number of aromatic nitrogens is 2. The van der Waals surface area contributed by atoms with Crippen molar-refractivity contribution in [1.29, 1.82) is 0 Å². The van der Waals surface area contributed by atoms with Gasteiger partial charge in [-0.05, 0) is 38.1 Å². The van der Waals surface area contributed by atoms with E-state index in [4.69, 9.17) is 4.74 Å². The summed E-state index contributed by atoms with van der Waals surface area (Å²) in [7, 11) is 1.37. The van der Waals surface area contributed by atoms with E-state index >= 15 is 0 Å². The molecule has 0 radical (unpaired) electrons. The van der Waals surface area contributed by atoms with Crippen molar-refractivity contribution in [2.45, 2.75) is 13.8 Å². The lowest BCUT2D eigenvalue weighted by atomic mass is 10.1. The van der Waals surface area contributed by atoms with Crippen LogP contribution in [0, 0.1) is 13.8 Å². The molecule has 5 heteroatoms. The summed E-state index contributed by atoms with van der Waals surface area (Å²) >= 11 is 0. The Morgan fingerprint density at radius 3 is 2.56 bits per heavy atom. The van der Waals surface area contributed by atoms with Gasteiger partial charge in [-0.1, -0.05) is 29.8 Å². The van der Waals surface area contributed by atoms with Crippen molar-refractivity contribution in [1.82, 2.24) is 9.97 Å². The molecule has 25 heavy (non-hydrogen) atoms. The molecule has 1 heterocycles. The van der Waals surface area contributed by atoms with Crippen molar-refractivity contribution >= 4 is 17.5 Å². The van der Waals surface area contributed by atoms with Crippen LogP contribution < -0.4 is 5.32 Å². The second-order valence-corrected chi connectivity index (χ2v) is 5.75. The van der Waals surface area contributed by atoms with Gasteiger partial charge >= 0.3 is 5.97 Å². The standard InChI is InChI=1S/C20H19N3O2/c1-13-6-4-7-15(10-13)18-12-19(22-14(2)21-18)23-17-9-5-8-16(11-17)20(24)25-3/h4-12H,1-3H3,(H,21,22,23). The molecule has 0 fully saturated rings. The van der Waals surface area contributed by atoms with Crippen LogP contribution >= 0.6 is 0 Å². The van der Waals surface area contributed by atoms with Crippen LogP contribution in [0.3, 0.4) is 0 Å². The van der Waals surface area contributed by atoms with Gasteiger partial charge in [-0.2, -0.15) is 0 Å². The number of nitrogens with one attached hydrogen (secondary N) is 1. The summed E-state index contributed by atoms with van der Waals surface area (Å²) in [4.78, 5) is 20.6. The van der Waals surface area contributed by atoms with E-state index in [9.17, 15) is 4.79 Å². The summed E-state index contributed by atoms with van der Waals surface area (Å²) in [5.41, 5.74) is 4.31. The van der Waals surface area contributed by atoms with E-state index in [0.29, 0.717) is 17.2 Å². The monoisotopic (exact) mass is 333 g/mol. The first-order valence-corrected chi connectivity index (χ1v) is 7.93. The molecule has 0 spiro atoms. The Bertz CT molecular complexity index is 922. The highest BCUT2D eigenvalue weighted by Gasteiger charge is 2.08. The number of carbonyl (C=O) groups is 1. The van der Waals surface area contributed by atoms with Gasteiger partial charge in [0.2, 0.25) is 0 Å². The molecule has 0 aliphatic rings. The Morgan fingerprint density at radius 1 is 1.00 bits per heavy atom. The minimum Gasteiger partial charge on any atom is -0.465 e. The van der Waals surface area contributed by atoms with Crippen molar-refractivity contribution in [3.05, 3.63) is 71.5 Å². The number of hydrogen-bond donors (Lipinski definition) is 1. The Hall–Kier alpha value is -3.21. The SMILES string of the molecule is COC(=O)c1cccc(Nc2cc(-c3cccc(C)c3)nc(C)n2)c1. The van der Waals surface area contributed by atoms with Crippen LogP contribution in [0.2, 0.25) is 0 Å². The van der Waals surface area contributed by atoms with E-state index in [-0.39, 0.29) is 5.97 Å². The van der Waals surface area contributed by atoms with Crippen molar-refractivity contribution < 1.29 is 9.53 Å². The van der Waals surface area contributed by atoms with Gasteiger partial charge in [0.15, 0.2) is 0 Å². The predicted molar refractivity (Wildman–Crippen MR) is 98.0 cm³/mol. The van der Waals surface area contributed by atoms with Gasteiger partial charge in [0.25, 0.3) is 0 Å². The maximum atomic E-state index is 11.7. The van der Waals surface area contributed by atoms with Gasteiger partial charge in [-0.3, -0.25) is 0 Å². The fourth-order valence-electron chi connectivity index (χ4n) is 2.57. The number of nitrogens with zero attached hydrogens (tertiary/aromatic N) is 2. The van der Waals surface area contributed by atoms with Crippen LogP contribution in [0.1, 0.15) is 21.7 Å². The molecular formula is C20H19N3O2. The van der Waals surface area contributed by atoms with Crippen molar-refractivity contribution in [2.24, 2.45) is 0 Å². The predicted octanol–water partition coefficient (Wildman–Crippen LogP) is 4.29. The average molecular weight is 333 g/mol. The highest BCUT2D eigenvalue weighted by atomic mass is 16.5. The van der Waals surface area contributed by atoms with Gasteiger partial charge in [0.1, 0.15) is 11.6 Å². The highest BCUT2D eigenvalue weighted by molar-refractivity contribution is 5.90. The Morgan fingerprint density at radius 2 is 1.80 bits per heavy atom. The molecule has 0 bridgehead atoms. The van der Waals surface area contributed by atoms with E-state index < -0.39 is 0 Å². The minimum absolute atomic E-state index is 0.372. The first-order chi connectivity index (χ1) is 12.0. The molecule has 0 saturated heterocycles. The van der Waals surface area contributed by atoms with Crippen molar-refractivity contribution in [3.63, 3.8) is 0 Å². The average Bonchev–Trinajstić information content (AvgIpc) is 2.61. The molecule has 0 amide bonds. The molecule has 1 aromatic heterocycles. The Balaban J connectivity index is 1.92. The molecule has 3 rings (SSSR count). The zero-order valence-electron chi connectivity index (χ0n) is 14.4. The van der Waals surface area contributed by atoms with Gasteiger partial charge in [0, 0.05) is 17.3 Å². The lowest BCUT2D eigenvalue weighted by molar-refractivity contribution is 0.0601. The molecule has 0 atom stereocenters. The highest BCUT2D eigenvalue weighted by Crippen LogP contribution is 2.23. The summed E-state index contributed by atoms with van der Waals surface area (Å²) < 4.78 is 4.76. The topological polar surface area (TPSA) is 64.1 Å². The van der Waals surface area contributed by atoms with E-state index in [2.05, 4.69) is 34.3 Å². The van der Waals surface area contributed by atoms with Crippen LogP contribution in [0.4, 0.5) is 11.5 Å². The normalized spacial score (nSPS) is 10.4. The number of benzene rings is 2. The molecule has 5 nitrogen and oxygen atoms in total. The third-order valence-electron chi connectivity index (χ3n) is 3.71. The number of methoxy groups -OCH3 is 1. The summed E-state index contributed by atoms with van der Waals surface area (Å²) in [6.07, 6.45) is 0. The van der Waals surface area contributed by atoms with Crippen LogP contribution in [0.25, 0.3) is 11.3 Å². The number of ether oxygens (including phenoxy) is 1. The van der Waals surface area contributed by atoms with Gasteiger partial charge < -0.3 is 10.1 Å². The smallest absolute Gasteiger partial charge is 0.337 e. The summed E-state index contributed by atoms with van der Waals surface area (Å²) in [6, 6.07) is 17.2. The molecule has 0 unspecified atom stereocenters. The zero-order chi connectivity index (χ0) is 17.8. The number of aryl methyl sites for hydroxylation is 2. The van der Waals surface area contributed by atoms with Crippen molar-refractivity contribution in [3.8, 4) is 11.3 Å². The second-order valence-electron chi connectivity index (χ2n) is 5.75. The van der Waals surface area contributed by atoms with Crippen LogP contribution in [-0.2, 0) is 4.74 Å². The van der Waals surface area contributed by atoms with Crippen LogP contribution in [-0.4, -0.2) is 23.0 Å². The molecule has 126 valence electrons. The molecule has 2 aromatic carbocycles. The number of carbonyl (C=O) groups excluding carboxylic acids is 1. The largest absolute Gasteiger partial charge is 0.465 e. The molecule has 0 aliphatic carbocycles. The molecular weight excluding hydrogens is 314 g/mol. The van der Waals surface area contributed by atoms with Crippen LogP contribution in [0.5, 0.6) is 0 Å². The van der Waals surface area contributed by atoms with E-state index in [1.807, 2.05) is 31.2 Å². The van der Waals surface area contributed by atoms with E-state index in [1.165, 1.54) is 12.7 Å². The maximum Gasteiger partial charge on any atom is 0.337 e. The lowest BCUT2D eigenvalue weighted by Crippen LogP contribution is -2.03. The maximum absolute atomic E-state index is 11.7. The summed E-state index contributed by atoms with van der Waals surface area (Å²) in [5.74, 6) is 0.972. The second kappa shape index (κ2) is 7.13. The third kappa shape index (κ3) is 4.01. The third-order valence-corrected chi connectivity index (χ3v) is 3.71. The van der Waals surface area contributed by atoms with Crippen molar-refractivity contribution in [2.75, 3.05) is 12.4 Å².